The average molecular weight is 317 g/mol. The van der Waals surface area contributed by atoms with Crippen molar-refractivity contribution in [2.75, 3.05) is 6.54 Å². The van der Waals surface area contributed by atoms with Gasteiger partial charge in [-0.2, -0.15) is 13.2 Å². The molecule has 0 aliphatic carbocycles. The van der Waals surface area contributed by atoms with Crippen LogP contribution in [0.2, 0.25) is 0 Å². The van der Waals surface area contributed by atoms with Gasteiger partial charge >= 0.3 is 12.1 Å². The molecule has 0 amide bonds. The first-order valence-corrected chi connectivity index (χ1v) is 7.39. The maximum Gasteiger partial charge on any atom is 0.416 e. The second kappa shape index (κ2) is 8.17. The lowest BCUT2D eigenvalue weighted by Crippen LogP contribution is -2.38. The molecule has 0 spiro atoms. The normalized spacial score (nSPS) is 14.6. The highest BCUT2D eigenvalue weighted by molar-refractivity contribution is 5.73. The Morgan fingerprint density at radius 2 is 1.86 bits per heavy atom. The molecule has 0 aliphatic rings. The van der Waals surface area contributed by atoms with Crippen LogP contribution in [0.25, 0.3) is 0 Å². The maximum absolute atomic E-state index is 12.5. The summed E-state index contributed by atoms with van der Waals surface area (Å²) in [6.07, 6.45) is -2.06. The van der Waals surface area contributed by atoms with Gasteiger partial charge in [-0.05, 0) is 30.0 Å². The highest BCUT2D eigenvalue weighted by Gasteiger charge is 2.30. The van der Waals surface area contributed by atoms with Crippen LogP contribution in [-0.4, -0.2) is 23.7 Å². The van der Waals surface area contributed by atoms with E-state index >= 15 is 0 Å². The van der Waals surface area contributed by atoms with Gasteiger partial charge in [-0.25, -0.2) is 0 Å². The Morgan fingerprint density at radius 1 is 1.27 bits per heavy atom. The fraction of sp³-hybridized carbons (Fsp3) is 0.562. The van der Waals surface area contributed by atoms with Gasteiger partial charge < -0.3 is 10.4 Å². The zero-order chi connectivity index (χ0) is 16.8. The third-order valence-corrected chi connectivity index (χ3v) is 3.62. The quantitative estimate of drug-likeness (QED) is 0.761. The number of carbonyl (C=O) groups is 1. The summed E-state index contributed by atoms with van der Waals surface area (Å²) in [7, 11) is 0. The van der Waals surface area contributed by atoms with E-state index in [1.54, 1.807) is 0 Å². The fourth-order valence-electron chi connectivity index (χ4n) is 2.16. The predicted octanol–water partition coefficient (Wildman–Crippen LogP) is 4.04. The molecule has 0 fully saturated rings. The second-order valence-corrected chi connectivity index (χ2v) is 5.46. The van der Waals surface area contributed by atoms with Gasteiger partial charge in [0.15, 0.2) is 0 Å². The number of benzene rings is 1. The molecule has 0 saturated carbocycles. The number of unbranched alkanes of at least 4 members (excludes halogenated alkanes) is 1. The number of carboxylic acids is 1. The van der Waals surface area contributed by atoms with E-state index in [2.05, 4.69) is 5.32 Å². The minimum absolute atomic E-state index is 0.0641. The van der Waals surface area contributed by atoms with E-state index in [-0.39, 0.29) is 5.92 Å². The van der Waals surface area contributed by atoms with E-state index in [0.717, 1.165) is 30.5 Å². The van der Waals surface area contributed by atoms with Crippen LogP contribution in [0.4, 0.5) is 13.2 Å². The molecule has 6 heteroatoms. The molecule has 0 aliphatic heterocycles. The molecule has 3 nitrogen and oxygen atoms in total. The van der Waals surface area contributed by atoms with Gasteiger partial charge in [0.05, 0.1) is 5.56 Å². The zero-order valence-corrected chi connectivity index (χ0v) is 12.8. The van der Waals surface area contributed by atoms with Crippen molar-refractivity contribution in [3.05, 3.63) is 35.4 Å². The molecule has 0 radical (unpaired) electrons. The Kier molecular flexibility index (Phi) is 6.87. The summed E-state index contributed by atoms with van der Waals surface area (Å²) in [5.74, 6) is -0.959. The fourth-order valence-corrected chi connectivity index (χ4v) is 2.16. The summed E-state index contributed by atoms with van der Waals surface area (Å²) in [5, 5.41) is 12.1. The number of carboxylic acid groups (broad SMARTS) is 1. The zero-order valence-electron chi connectivity index (χ0n) is 12.8. The summed E-state index contributed by atoms with van der Waals surface area (Å²) in [6.45, 7) is 4.25. The summed E-state index contributed by atoms with van der Waals surface area (Å²) in [5.41, 5.74) is 0.0721. The molecular weight excluding hydrogens is 295 g/mol. The van der Waals surface area contributed by atoms with Crippen LogP contribution in [0, 0.1) is 0 Å². The maximum atomic E-state index is 12.5. The Morgan fingerprint density at radius 3 is 2.32 bits per heavy atom. The smallest absolute Gasteiger partial charge is 0.416 e. The molecule has 2 N–H and O–H groups in total. The highest BCUT2D eigenvalue weighted by atomic mass is 19.4. The molecule has 0 heterocycles. The summed E-state index contributed by atoms with van der Waals surface area (Å²) in [6, 6.07) is 4.38. The second-order valence-electron chi connectivity index (χ2n) is 5.46. The van der Waals surface area contributed by atoms with Crippen molar-refractivity contribution < 1.29 is 23.1 Å². The molecular formula is C16H22F3NO2. The van der Waals surface area contributed by atoms with Gasteiger partial charge in [-0.15, -0.1) is 0 Å². The minimum atomic E-state index is -4.34. The highest BCUT2D eigenvalue weighted by Crippen LogP contribution is 2.30. The third-order valence-electron chi connectivity index (χ3n) is 3.62. The van der Waals surface area contributed by atoms with Gasteiger partial charge in [-0.1, -0.05) is 38.8 Å². The molecule has 1 aromatic carbocycles. The number of hydrogen-bond acceptors (Lipinski definition) is 2. The summed E-state index contributed by atoms with van der Waals surface area (Å²) >= 11 is 0. The van der Waals surface area contributed by atoms with Crippen LogP contribution in [0.1, 0.15) is 50.2 Å². The summed E-state index contributed by atoms with van der Waals surface area (Å²) < 4.78 is 37.5. The Bertz CT molecular complexity index is 471. The van der Waals surface area contributed by atoms with Gasteiger partial charge in [0, 0.05) is 6.54 Å². The topological polar surface area (TPSA) is 49.3 Å². The van der Waals surface area contributed by atoms with E-state index in [9.17, 15) is 18.0 Å². The Hall–Kier alpha value is -1.56. The Balaban J connectivity index is 2.60. The molecule has 0 bridgehead atoms. The van der Waals surface area contributed by atoms with E-state index < -0.39 is 23.8 Å². The lowest BCUT2D eigenvalue weighted by molar-refractivity contribution is -0.140. The predicted molar refractivity (Wildman–Crippen MR) is 78.8 cm³/mol. The molecule has 1 unspecified atom stereocenters. The van der Waals surface area contributed by atoms with Crippen molar-refractivity contribution in [3.63, 3.8) is 0 Å². The number of nitrogens with one attached hydrogen (secondary N) is 1. The third kappa shape index (κ3) is 5.67. The first-order valence-electron chi connectivity index (χ1n) is 7.39. The summed E-state index contributed by atoms with van der Waals surface area (Å²) in [4.78, 5) is 11.1. The minimum Gasteiger partial charge on any atom is -0.480 e. The van der Waals surface area contributed by atoms with Crippen LogP contribution in [0.3, 0.4) is 0 Å². The molecule has 22 heavy (non-hydrogen) atoms. The number of alkyl halides is 3. The van der Waals surface area contributed by atoms with Crippen LogP contribution in [0.5, 0.6) is 0 Å². The molecule has 0 aromatic heterocycles. The standard InChI is InChI=1S/C16H22F3NO2/c1-3-4-5-14(15(21)22)20-10-11(2)12-6-8-13(9-7-12)16(17,18)19/h6-9,11,14,20H,3-5,10H2,1-2H3,(H,21,22)/t11?,14-/m0/s1. The molecule has 1 rings (SSSR count). The number of halogens is 3. The first-order chi connectivity index (χ1) is 10.3. The van der Waals surface area contributed by atoms with E-state index in [1.807, 2.05) is 13.8 Å². The van der Waals surface area contributed by atoms with Gasteiger partial charge in [-0.3, -0.25) is 4.79 Å². The monoisotopic (exact) mass is 317 g/mol. The lowest BCUT2D eigenvalue weighted by Gasteiger charge is -2.18. The van der Waals surface area contributed by atoms with Crippen molar-refractivity contribution in [3.8, 4) is 0 Å². The lowest BCUT2D eigenvalue weighted by atomic mass is 9.99. The van der Waals surface area contributed by atoms with Crippen LogP contribution >= 0.6 is 0 Å². The first kappa shape index (κ1) is 18.5. The van der Waals surface area contributed by atoms with Crippen LogP contribution in [0.15, 0.2) is 24.3 Å². The SMILES string of the molecule is CCCC[C@H](NCC(C)c1ccc(C(F)(F)F)cc1)C(=O)O. The van der Waals surface area contributed by atoms with E-state index in [1.165, 1.54) is 12.1 Å². The number of aliphatic carboxylic acids is 1. The van der Waals surface area contributed by atoms with Crippen molar-refractivity contribution in [2.45, 2.75) is 51.2 Å². The number of rotatable bonds is 8. The van der Waals surface area contributed by atoms with Crippen molar-refractivity contribution in [2.24, 2.45) is 0 Å². The van der Waals surface area contributed by atoms with Crippen molar-refractivity contribution >= 4 is 5.97 Å². The van der Waals surface area contributed by atoms with Crippen LogP contribution in [-0.2, 0) is 11.0 Å². The molecule has 124 valence electrons. The van der Waals surface area contributed by atoms with Gasteiger partial charge in [0.25, 0.3) is 0 Å². The Labute approximate surface area is 128 Å². The van der Waals surface area contributed by atoms with Crippen molar-refractivity contribution in [1.29, 1.82) is 0 Å². The largest absolute Gasteiger partial charge is 0.480 e. The number of hydrogen-bond donors (Lipinski definition) is 2. The van der Waals surface area contributed by atoms with E-state index in [0.29, 0.717) is 13.0 Å². The molecule has 0 saturated heterocycles. The molecule has 2 atom stereocenters. The van der Waals surface area contributed by atoms with Crippen LogP contribution < -0.4 is 5.32 Å². The van der Waals surface area contributed by atoms with Gasteiger partial charge in [0.2, 0.25) is 0 Å². The average Bonchev–Trinajstić information content (AvgIpc) is 2.46. The molecule has 1 aromatic rings. The van der Waals surface area contributed by atoms with Crippen molar-refractivity contribution in [1.82, 2.24) is 5.32 Å². The van der Waals surface area contributed by atoms with E-state index in [4.69, 9.17) is 5.11 Å². The van der Waals surface area contributed by atoms with Gasteiger partial charge in [0.1, 0.15) is 6.04 Å².